The van der Waals surface area contributed by atoms with Crippen LogP contribution in [0.1, 0.15) is 18.4 Å². The van der Waals surface area contributed by atoms with Gasteiger partial charge in [0, 0.05) is 18.0 Å². The third-order valence-electron chi connectivity index (χ3n) is 4.07. The Bertz CT molecular complexity index is 432. The van der Waals surface area contributed by atoms with Gasteiger partial charge in [-0.25, -0.2) is 0 Å². The lowest BCUT2D eigenvalue weighted by atomic mass is 9.75. The molecule has 0 saturated carbocycles. The molecule has 3 rings (SSSR count). The lowest BCUT2D eigenvalue weighted by molar-refractivity contribution is -0.124. The molecule has 4 heteroatoms. The number of piperidine rings is 1. The van der Waals surface area contributed by atoms with Gasteiger partial charge in [0.1, 0.15) is 0 Å². The number of fused-ring (bicyclic) bond motifs is 2. The second-order valence-electron chi connectivity index (χ2n) is 4.92. The predicted octanol–water partition coefficient (Wildman–Crippen LogP) is 1.69. The summed E-state index contributed by atoms with van der Waals surface area (Å²) in [5, 5.41) is 4.27. The van der Waals surface area contributed by atoms with E-state index in [1.54, 1.807) is 11.3 Å². The van der Waals surface area contributed by atoms with E-state index in [4.69, 9.17) is 0 Å². The molecule has 86 valence electrons. The average Bonchev–Trinajstić information content (AvgIpc) is 2.83. The van der Waals surface area contributed by atoms with Crippen LogP contribution in [0.15, 0.2) is 10.8 Å². The summed E-state index contributed by atoms with van der Waals surface area (Å²) in [5.41, 5.74) is 2.22. The number of hydrogen-bond donors (Lipinski definition) is 0. The van der Waals surface area contributed by atoms with E-state index >= 15 is 0 Å². The fourth-order valence-electron chi connectivity index (χ4n) is 2.94. The van der Waals surface area contributed by atoms with Gasteiger partial charge in [-0.15, -0.1) is 11.3 Å². The summed E-state index contributed by atoms with van der Waals surface area (Å²) in [6.45, 7) is 2.05. The Hall–Kier alpha value is -0.870. The van der Waals surface area contributed by atoms with Gasteiger partial charge < -0.3 is 9.80 Å². The number of thiophene rings is 1. The summed E-state index contributed by atoms with van der Waals surface area (Å²) in [6.07, 6.45) is 1.94. The highest BCUT2D eigenvalue weighted by Gasteiger charge is 2.50. The van der Waals surface area contributed by atoms with Crippen LogP contribution in [-0.4, -0.2) is 38.0 Å². The quantitative estimate of drug-likeness (QED) is 0.684. The van der Waals surface area contributed by atoms with Crippen LogP contribution in [0.2, 0.25) is 0 Å². The van der Waals surface area contributed by atoms with Gasteiger partial charge in [-0.1, -0.05) is 0 Å². The highest BCUT2D eigenvalue weighted by atomic mass is 32.1. The van der Waals surface area contributed by atoms with Crippen molar-refractivity contribution in [2.75, 3.05) is 32.1 Å². The van der Waals surface area contributed by atoms with Gasteiger partial charge in [-0.2, -0.15) is 0 Å². The highest BCUT2D eigenvalue weighted by molar-refractivity contribution is 7.08. The van der Waals surface area contributed by atoms with Crippen LogP contribution in [0.3, 0.4) is 0 Å². The smallest absolute Gasteiger partial charge is 0.237 e. The minimum Gasteiger partial charge on any atom is -0.314 e. The third kappa shape index (κ3) is 1.14. The van der Waals surface area contributed by atoms with Crippen LogP contribution in [0.5, 0.6) is 0 Å². The Morgan fingerprint density at radius 2 is 1.94 bits per heavy atom. The van der Waals surface area contributed by atoms with Crippen LogP contribution in [0.25, 0.3) is 0 Å². The molecule has 0 atom stereocenters. The van der Waals surface area contributed by atoms with Gasteiger partial charge in [0.25, 0.3) is 0 Å². The molecule has 0 radical (unpaired) electrons. The molecule has 3 heterocycles. The molecule has 1 amide bonds. The van der Waals surface area contributed by atoms with Gasteiger partial charge in [0.2, 0.25) is 5.91 Å². The molecule has 0 aliphatic carbocycles. The zero-order chi connectivity index (χ0) is 11.3. The van der Waals surface area contributed by atoms with E-state index in [0.29, 0.717) is 5.91 Å². The van der Waals surface area contributed by atoms with Gasteiger partial charge in [0.05, 0.1) is 11.1 Å². The van der Waals surface area contributed by atoms with Gasteiger partial charge >= 0.3 is 0 Å². The Morgan fingerprint density at radius 3 is 2.62 bits per heavy atom. The maximum atomic E-state index is 12.4. The van der Waals surface area contributed by atoms with E-state index in [1.165, 1.54) is 5.56 Å². The Morgan fingerprint density at radius 1 is 1.25 bits per heavy atom. The van der Waals surface area contributed by atoms with Crippen molar-refractivity contribution in [3.05, 3.63) is 16.3 Å². The summed E-state index contributed by atoms with van der Waals surface area (Å²) in [6, 6.07) is 0. The average molecular weight is 236 g/mol. The molecule has 1 aromatic heterocycles. The van der Waals surface area contributed by atoms with Crippen molar-refractivity contribution in [2.24, 2.45) is 0 Å². The second-order valence-corrected chi connectivity index (χ2v) is 5.66. The Kier molecular flexibility index (Phi) is 2.13. The molecular weight excluding hydrogens is 220 g/mol. The number of hydrogen-bond acceptors (Lipinski definition) is 3. The first-order chi connectivity index (χ1) is 7.65. The molecule has 2 aliphatic heterocycles. The van der Waals surface area contributed by atoms with Crippen LogP contribution in [0.4, 0.5) is 5.69 Å². The number of carbonyl (C=O) groups is 1. The van der Waals surface area contributed by atoms with E-state index < -0.39 is 0 Å². The molecule has 0 N–H and O–H groups in total. The lowest BCUT2D eigenvalue weighted by Crippen LogP contribution is -2.47. The van der Waals surface area contributed by atoms with E-state index in [0.717, 1.165) is 31.6 Å². The van der Waals surface area contributed by atoms with Gasteiger partial charge in [0.15, 0.2) is 0 Å². The molecule has 0 unspecified atom stereocenters. The Balaban J connectivity index is 2.05. The van der Waals surface area contributed by atoms with Crippen molar-refractivity contribution < 1.29 is 4.79 Å². The summed E-state index contributed by atoms with van der Waals surface area (Å²) < 4.78 is 0. The van der Waals surface area contributed by atoms with Gasteiger partial charge in [-0.05, 0) is 38.4 Å². The number of amides is 1. The normalized spacial score (nSPS) is 24.1. The van der Waals surface area contributed by atoms with E-state index in [-0.39, 0.29) is 5.41 Å². The van der Waals surface area contributed by atoms with Crippen LogP contribution in [0, 0.1) is 0 Å². The number of likely N-dealkylation sites (N-methyl/N-ethyl adjacent to an activating group) is 1. The molecule has 2 aliphatic rings. The second kappa shape index (κ2) is 3.31. The summed E-state index contributed by atoms with van der Waals surface area (Å²) in [4.78, 5) is 16.6. The predicted molar refractivity (Wildman–Crippen MR) is 66.1 cm³/mol. The zero-order valence-electron chi connectivity index (χ0n) is 9.69. The van der Waals surface area contributed by atoms with Crippen molar-refractivity contribution in [2.45, 2.75) is 18.3 Å². The fraction of sp³-hybridized carbons (Fsp3) is 0.583. The maximum absolute atomic E-state index is 12.4. The maximum Gasteiger partial charge on any atom is 0.237 e. The van der Waals surface area contributed by atoms with Crippen molar-refractivity contribution >= 4 is 22.9 Å². The van der Waals surface area contributed by atoms with Gasteiger partial charge in [-0.3, -0.25) is 4.79 Å². The number of likely N-dealkylation sites (tertiary alicyclic amines) is 1. The standard InChI is InChI=1S/C12H16N2OS/c1-13-5-3-12(4-6-13)9-7-16-8-10(9)14(2)11(12)15/h7-8H,3-6H2,1-2H3. The number of carbonyl (C=O) groups excluding carboxylic acids is 1. The first-order valence-electron chi connectivity index (χ1n) is 5.68. The lowest BCUT2D eigenvalue weighted by Gasteiger charge is -2.36. The van der Waals surface area contributed by atoms with E-state index in [1.807, 2.05) is 11.9 Å². The largest absolute Gasteiger partial charge is 0.314 e. The molecule has 1 aromatic rings. The number of anilines is 1. The SMILES string of the molecule is CN1CCC2(CC1)C(=O)N(C)c1cscc12. The molecule has 3 nitrogen and oxygen atoms in total. The molecule has 1 fully saturated rings. The minimum atomic E-state index is -0.198. The van der Waals surface area contributed by atoms with Crippen LogP contribution < -0.4 is 4.90 Å². The topological polar surface area (TPSA) is 23.6 Å². The first kappa shape index (κ1) is 10.3. The van der Waals surface area contributed by atoms with Crippen molar-refractivity contribution in [1.82, 2.24) is 4.90 Å². The summed E-state index contributed by atoms with van der Waals surface area (Å²) in [5.74, 6) is 0.304. The van der Waals surface area contributed by atoms with Crippen molar-refractivity contribution in [3.8, 4) is 0 Å². The summed E-state index contributed by atoms with van der Waals surface area (Å²) in [7, 11) is 4.03. The molecule has 0 aromatic carbocycles. The molecule has 1 saturated heterocycles. The van der Waals surface area contributed by atoms with Crippen molar-refractivity contribution in [1.29, 1.82) is 0 Å². The number of rotatable bonds is 0. The van der Waals surface area contributed by atoms with E-state index in [2.05, 4.69) is 22.7 Å². The Labute approximate surface area is 99.7 Å². The highest BCUT2D eigenvalue weighted by Crippen LogP contribution is 2.48. The van der Waals surface area contributed by atoms with Crippen molar-refractivity contribution in [3.63, 3.8) is 0 Å². The number of nitrogens with zero attached hydrogens (tertiary/aromatic N) is 2. The van der Waals surface area contributed by atoms with E-state index in [9.17, 15) is 4.79 Å². The molecular formula is C12H16N2OS. The van der Waals surface area contributed by atoms with Crippen LogP contribution >= 0.6 is 11.3 Å². The molecule has 0 bridgehead atoms. The zero-order valence-corrected chi connectivity index (χ0v) is 10.5. The van der Waals surface area contributed by atoms with Crippen LogP contribution in [-0.2, 0) is 10.2 Å². The first-order valence-corrected chi connectivity index (χ1v) is 6.63. The fourth-order valence-corrected chi connectivity index (χ4v) is 3.90. The summed E-state index contributed by atoms with van der Waals surface area (Å²) >= 11 is 1.71. The third-order valence-corrected chi connectivity index (χ3v) is 4.80. The molecule has 1 spiro atoms. The minimum absolute atomic E-state index is 0.198. The monoisotopic (exact) mass is 236 g/mol. The molecule has 16 heavy (non-hydrogen) atoms.